The molecule has 2 saturated carbocycles. The lowest BCUT2D eigenvalue weighted by Gasteiger charge is -2.57. The van der Waals surface area contributed by atoms with Crippen LogP contribution in [0.15, 0.2) is 50.2 Å². The van der Waals surface area contributed by atoms with Crippen molar-refractivity contribution >= 4 is 33.5 Å². The summed E-state index contributed by atoms with van der Waals surface area (Å²) in [6.07, 6.45) is 0.451. The molecule has 0 amide bonds. The highest BCUT2D eigenvalue weighted by Gasteiger charge is 2.75. The molecule has 0 radical (unpaired) electrons. The maximum absolute atomic E-state index is 14.9. The zero-order chi connectivity index (χ0) is 35.0. The minimum absolute atomic E-state index is 0.146. The van der Waals surface area contributed by atoms with E-state index in [1.807, 2.05) is 13.8 Å². The highest BCUT2D eigenvalue weighted by atomic mass is 16.6. The van der Waals surface area contributed by atoms with Gasteiger partial charge in [-0.25, -0.2) is 0 Å². The van der Waals surface area contributed by atoms with Crippen LogP contribution in [0.2, 0.25) is 0 Å². The lowest BCUT2D eigenvalue weighted by Crippen LogP contribution is -2.70. The summed E-state index contributed by atoms with van der Waals surface area (Å²) in [5, 5.41) is 0.965. The van der Waals surface area contributed by atoms with Gasteiger partial charge in [-0.05, 0) is 26.8 Å². The van der Waals surface area contributed by atoms with Crippen molar-refractivity contribution in [2.45, 2.75) is 56.0 Å². The molecule has 12 heteroatoms. The van der Waals surface area contributed by atoms with E-state index in [1.165, 1.54) is 27.4 Å². The SMILES string of the molecule is COc1c2c(cc3c1C1C(O3)C3(C)Oc4cc5occc5c(OC)c4C(=O)C13)OC1(C)C3Oc4cc5oc(C)cc(=O)c5c(OC)c4C3C1C2=O. The molecule has 5 aromatic rings. The molecule has 8 unspecified atom stereocenters. The third kappa shape index (κ3) is 3.09. The molecule has 258 valence electrons. The van der Waals surface area contributed by atoms with Gasteiger partial charge >= 0.3 is 0 Å². The Labute approximate surface area is 289 Å². The Balaban J connectivity index is 1.03. The van der Waals surface area contributed by atoms with Gasteiger partial charge in [0.25, 0.3) is 0 Å². The zero-order valence-corrected chi connectivity index (χ0v) is 28.3. The van der Waals surface area contributed by atoms with Crippen molar-refractivity contribution in [3.05, 3.63) is 74.8 Å². The summed E-state index contributed by atoms with van der Waals surface area (Å²) in [6, 6.07) is 8.31. The normalized spacial score (nSPS) is 31.1. The van der Waals surface area contributed by atoms with Crippen molar-refractivity contribution < 1.29 is 51.6 Å². The predicted octanol–water partition coefficient (Wildman–Crippen LogP) is 5.89. The number of Topliss-reactive ketones (excluding diaryl/α,β-unsaturated/α-hetero) is 2. The first kappa shape index (κ1) is 29.1. The topological polar surface area (TPSA) is 142 Å². The maximum Gasteiger partial charge on any atom is 0.196 e. The molecule has 2 aliphatic carbocycles. The van der Waals surface area contributed by atoms with Crippen molar-refractivity contribution in [3.63, 3.8) is 0 Å². The van der Waals surface area contributed by atoms with E-state index in [2.05, 4.69) is 0 Å². The molecular weight excluding hydrogens is 660 g/mol. The summed E-state index contributed by atoms with van der Waals surface area (Å²) >= 11 is 0. The fraction of sp³-hybridized carbons (Fsp3) is 0.359. The number of fused-ring (bicyclic) bond motifs is 16. The number of hydrogen-bond donors (Lipinski definition) is 0. The summed E-state index contributed by atoms with van der Waals surface area (Å²) < 4.78 is 55.5. The highest BCUT2D eigenvalue weighted by Crippen LogP contribution is 2.70. The Morgan fingerprint density at radius 3 is 1.84 bits per heavy atom. The van der Waals surface area contributed by atoms with E-state index in [4.69, 9.17) is 42.0 Å². The number of benzene rings is 3. The molecule has 4 aliphatic heterocycles. The second-order valence-corrected chi connectivity index (χ2v) is 14.6. The van der Waals surface area contributed by atoms with Gasteiger partial charge in [0.1, 0.15) is 85.9 Å². The van der Waals surface area contributed by atoms with Crippen LogP contribution in [-0.2, 0) is 0 Å². The number of methoxy groups -OCH3 is 3. The number of rotatable bonds is 3. The lowest BCUT2D eigenvalue weighted by molar-refractivity contribution is -0.145. The predicted molar refractivity (Wildman–Crippen MR) is 178 cm³/mol. The Morgan fingerprint density at radius 2 is 1.22 bits per heavy atom. The monoisotopic (exact) mass is 690 g/mol. The first-order valence-corrected chi connectivity index (χ1v) is 16.8. The van der Waals surface area contributed by atoms with Crippen LogP contribution in [0, 0.1) is 18.8 Å². The van der Waals surface area contributed by atoms with Crippen LogP contribution < -0.4 is 38.6 Å². The first-order chi connectivity index (χ1) is 24.5. The number of ether oxygens (including phenoxy) is 7. The van der Waals surface area contributed by atoms with Crippen LogP contribution >= 0.6 is 0 Å². The third-order valence-corrected chi connectivity index (χ3v) is 12.3. The largest absolute Gasteiger partial charge is 0.495 e. The quantitative estimate of drug-likeness (QED) is 0.223. The molecule has 2 aromatic heterocycles. The van der Waals surface area contributed by atoms with Crippen molar-refractivity contribution in [3.8, 4) is 40.2 Å². The number of aryl methyl sites for hydroxylation is 1. The van der Waals surface area contributed by atoms with Crippen molar-refractivity contribution in [1.82, 2.24) is 0 Å². The second kappa shape index (κ2) is 8.98. The Bertz CT molecular complexity index is 2560. The standard InChI is InChI=1S/C39H30O12/c1-13-9-15(40)22-17(47-13)11-18-23(34(22)44-5)27-30-32(42)26-21(51-39(30,3)36(27)48-18)12-19-24(35(26)45-6)28-29-31(41)25-20(50-38(29,2)37(28)49-19)10-16-14(7-8-46-16)33(25)43-4/h7-12,27-30,36-37H,1-6H3. The molecule has 6 heterocycles. The Hall–Kier alpha value is -5.65. The summed E-state index contributed by atoms with van der Waals surface area (Å²) in [4.78, 5) is 42.5. The summed E-state index contributed by atoms with van der Waals surface area (Å²) in [6.45, 7) is 5.43. The zero-order valence-electron chi connectivity index (χ0n) is 28.3. The smallest absolute Gasteiger partial charge is 0.196 e. The molecule has 0 bridgehead atoms. The van der Waals surface area contributed by atoms with Crippen LogP contribution in [0.5, 0.6) is 40.2 Å². The average molecular weight is 691 g/mol. The second-order valence-electron chi connectivity index (χ2n) is 14.6. The van der Waals surface area contributed by atoms with E-state index in [1.54, 1.807) is 37.5 Å². The van der Waals surface area contributed by atoms with Crippen LogP contribution in [0.25, 0.3) is 21.9 Å². The summed E-state index contributed by atoms with van der Waals surface area (Å²) in [5.41, 5.74) is 0.461. The molecule has 0 spiro atoms. The molecule has 3 aromatic carbocycles. The minimum Gasteiger partial charge on any atom is -0.495 e. The van der Waals surface area contributed by atoms with E-state index in [9.17, 15) is 14.4 Å². The number of furan rings is 1. The number of hydrogen-bond acceptors (Lipinski definition) is 12. The van der Waals surface area contributed by atoms with Gasteiger partial charge in [-0.15, -0.1) is 0 Å². The van der Waals surface area contributed by atoms with Gasteiger partial charge in [-0.1, -0.05) is 0 Å². The first-order valence-electron chi connectivity index (χ1n) is 16.8. The summed E-state index contributed by atoms with van der Waals surface area (Å²) in [7, 11) is 4.51. The van der Waals surface area contributed by atoms with Crippen LogP contribution in [0.1, 0.15) is 63.3 Å². The van der Waals surface area contributed by atoms with E-state index >= 15 is 0 Å². The minimum atomic E-state index is -1.05. The molecule has 0 N–H and O–H groups in total. The molecule has 2 fully saturated rings. The Morgan fingerprint density at radius 1 is 0.667 bits per heavy atom. The van der Waals surface area contributed by atoms with Crippen molar-refractivity contribution in [2.75, 3.05) is 21.3 Å². The number of ketones is 2. The lowest BCUT2D eigenvalue weighted by atomic mass is 9.53. The van der Waals surface area contributed by atoms with E-state index in [0.29, 0.717) is 84.6 Å². The fourth-order valence-corrected chi connectivity index (χ4v) is 10.2. The molecular formula is C39H30O12. The molecule has 11 rings (SSSR count). The van der Waals surface area contributed by atoms with Crippen LogP contribution in [0.3, 0.4) is 0 Å². The molecule has 12 nitrogen and oxygen atoms in total. The van der Waals surface area contributed by atoms with Crippen LogP contribution in [0.4, 0.5) is 0 Å². The molecule has 8 atom stereocenters. The van der Waals surface area contributed by atoms with Gasteiger partial charge in [-0.3, -0.25) is 14.4 Å². The van der Waals surface area contributed by atoms with E-state index < -0.39 is 47.1 Å². The molecule has 51 heavy (non-hydrogen) atoms. The molecule has 0 saturated heterocycles. The maximum atomic E-state index is 14.9. The van der Waals surface area contributed by atoms with E-state index in [-0.39, 0.29) is 22.6 Å². The van der Waals surface area contributed by atoms with Gasteiger partial charge in [0.2, 0.25) is 0 Å². The summed E-state index contributed by atoms with van der Waals surface area (Å²) in [5.74, 6) is 0.504. The Kier molecular flexibility index (Phi) is 5.13. The van der Waals surface area contributed by atoms with Crippen LogP contribution in [-0.4, -0.2) is 56.3 Å². The number of carbonyl (C=O) groups is 2. The van der Waals surface area contributed by atoms with Crippen molar-refractivity contribution in [1.29, 1.82) is 0 Å². The number of carbonyl (C=O) groups excluding carboxylic acids is 2. The third-order valence-electron chi connectivity index (χ3n) is 12.3. The average Bonchev–Trinajstić information content (AvgIpc) is 3.79. The van der Waals surface area contributed by atoms with Gasteiger partial charge in [0, 0.05) is 47.2 Å². The van der Waals surface area contributed by atoms with E-state index in [0.717, 1.165) is 0 Å². The fourth-order valence-electron chi connectivity index (χ4n) is 10.2. The highest BCUT2D eigenvalue weighted by molar-refractivity contribution is 6.11. The van der Waals surface area contributed by atoms with Gasteiger partial charge in [0.05, 0.1) is 44.8 Å². The van der Waals surface area contributed by atoms with Gasteiger partial charge in [0.15, 0.2) is 28.2 Å². The van der Waals surface area contributed by atoms with Crippen molar-refractivity contribution in [2.24, 2.45) is 11.8 Å². The van der Waals surface area contributed by atoms with Gasteiger partial charge < -0.3 is 42.0 Å². The molecule has 6 aliphatic rings. The van der Waals surface area contributed by atoms with Gasteiger partial charge in [-0.2, -0.15) is 0 Å².